The van der Waals surface area contributed by atoms with Crippen LogP contribution in [0, 0.1) is 0 Å². The van der Waals surface area contributed by atoms with Crippen molar-refractivity contribution in [1.82, 2.24) is 0 Å². The number of hydrogen-bond acceptors (Lipinski definition) is 2. The van der Waals surface area contributed by atoms with Gasteiger partial charge >= 0.3 is 0 Å². The molecule has 3 heteroatoms. The molecule has 1 atom stereocenters. The molecule has 0 amide bonds. The van der Waals surface area contributed by atoms with Crippen molar-refractivity contribution in [3.8, 4) is 5.75 Å². The zero-order chi connectivity index (χ0) is 13.7. The Bertz CT molecular complexity index is 528. The normalized spacial score (nSPS) is 12.2. The van der Waals surface area contributed by atoms with E-state index in [1.165, 1.54) is 5.56 Å². The molecule has 0 spiro atoms. The summed E-state index contributed by atoms with van der Waals surface area (Å²) in [5.74, 6) is 0.841. The molecule has 0 saturated heterocycles. The molecule has 100 valence electrons. The van der Waals surface area contributed by atoms with Crippen LogP contribution in [0.2, 0.25) is 5.02 Å². The maximum absolute atomic E-state index is 6.21. The topological polar surface area (TPSA) is 35.2 Å². The van der Waals surface area contributed by atoms with E-state index in [-0.39, 0.29) is 6.04 Å². The highest BCUT2D eigenvalue weighted by Gasteiger charge is 2.10. The van der Waals surface area contributed by atoms with E-state index in [0.29, 0.717) is 5.02 Å². The zero-order valence-corrected chi connectivity index (χ0v) is 11.7. The summed E-state index contributed by atoms with van der Waals surface area (Å²) in [4.78, 5) is 0. The third-order valence-corrected chi connectivity index (χ3v) is 3.30. The van der Waals surface area contributed by atoms with Gasteiger partial charge in [-0.2, -0.15) is 0 Å². The van der Waals surface area contributed by atoms with Crippen LogP contribution in [0.5, 0.6) is 5.75 Å². The van der Waals surface area contributed by atoms with Crippen molar-refractivity contribution in [3.05, 3.63) is 64.7 Å². The molecule has 0 heterocycles. The molecule has 19 heavy (non-hydrogen) atoms. The monoisotopic (exact) mass is 275 g/mol. The molecule has 0 aliphatic rings. The Kier molecular flexibility index (Phi) is 4.83. The van der Waals surface area contributed by atoms with Gasteiger partial charge in [0.15, 0.2) is 0 Å². The standard InChI is InChI=1S/C16H18ClNO/c1-19-16-8-7-14(17)10-13(16)11-15(18)9-12-5-3-2-4-6-12/h2-8,10,15H,9,11,18H2,1H3. The van der Waals surface area contributed by atoms with Crippen molar-refractivity contribution >= 4 is 11.6 Å². The Morgan fingerprint density at radius 1 is 1.11 bits per heavy atom. The van der Waals surface area contributed by atoms with E-state index in [1.54, 1.807) is 7.11 Å². The van der Waals surface area contributed by atoms with Crippen LogP contribution in [0.4, 0.5) is 0 Å². The molecular formula is C16H18ClNO. The Morgan fingerprint density at radius 3 is 2.53 bits per heavy atom. The number of benzene rings is 2. The Morgan fingerprint density at radius 2 is 1.84 bits per heavy atom. The molecule has 0 aliphatic carbocycles. The summed E-state index contributed by atoms with van der Waals surface area (Å²) in [6.07, 6.45) is 1.59. The van der Waals surface area contributed by atoms with Crippen LogP contribution in [-0.4, -0.2) is 13.2 Å². The van der Waals surface area contributed by atoms with Gasteiger partial charge in [0, 0.05) is 11.1 Å². The molecule has 2 aromatic carbocycles. The van der Waals surface area contributed by atoms with Crippen LogP contribution in [0.15, 0.2) is 48.5 Å². The number of nitrogens with two attached hydrogens (primary N) is 1. The second-order valence-corrected chi connectivity index (χ2v) is 5.05. The predicted octanol–water partition coefficient (Wildman–Crippen LogP) is 3.46. The minimum Gasteiger partial charge on any atom is -0.496 e. The third kappa shape index (κ3) is 3.98. The number of ether oxygens (including phenoxy) is 1. The summed E-state index contributed by atoms with van der Waals surface area (Å²) in [5.41, 5.74) is 8.51. The fourth-order valence-corrected chi connectivity index (χ4v) is 2.37. The Hall–Kier alpha value is -1.51. The van der Waals surface area contributed by atoms with Gasteiger partial charge in [-0.25, -0.2) is 0 Å². The van der Waals surface area contributed by atoms with Crippen LogP contribution in [0.1, 0.15) is 11.1 Å². The highest BCUT2D eigenvalue weighted by Crippen LogP contribution is 2.24. The van der Waals surface area contributed by atoms with Gasteiger partial charge in [0.1, 0.15) is 5.75 Å². The van der Waals surface area contributed by atoms with Gasteiger partial charge in [0.25, 0.3) is 0 Å². The van der Waals surface area contributed by atoms with Crippen LogP contribution in [-0.2, 0) is 12.8 Å². The molecule has 0 aliphatic heterocycles. The number of halogens is 1. The highest BCUT2D eigenvalue weighted by molar-refractivity contribution is 6.30. The average Bonchev–Trinajstić information content (AvgIpc) is 2.40. The van der Waals surface area contributed by atoms with E-state index in [4.69, 9.17) is 22.1 Å². The lowest BCUT2D eigenvalue weighted by Gasteiger charge is -2.14. The summed E-state index contributed by atoms with van der Waals surface area (Å²) < 4.78 is 5.34. The lowest BCUT2D eigenvalue weighted by molar-refractivity contribution is 0.408. The van der Waals surface area contributed by atoms with E-state index in [2.05, 4.69) is 12.1 Å². The van der Waals surface area contributed by atoms with E-state index in [1.807, 2.05) is 36.4 Å². The van der Waals surface area contributed by atoms with Crippen molar-refractivity contribution in [1.29, 1.82) is 0 Å². The summed E-state index contributed by atoms with van der Waals surface area (Å²) in [6.45, 7) is 0. The lowest BCUT2D eigenvalue weighted by Crippen LogP contribution is -2.25. The fourth-order valence-electron chi connectivity index (χ4n) is 2.18. The number of hydrogen-bond donors (Lipinski definition) is 1. The maximum atomic E-state index is 6.21. The molecule has 0 bridgehead atoms. The van der Waals surface area contributed by atoms with Gasteiger partial charge in [-0.05, 0) is 42.2 Å². The van der Waals surface area contributed by atoms with Crippen molar-refractivity contribution in [2.45, 2.75) is 18.9 Å². The molecule has 2 nitrogen and oxygen atoms in total. The van der Waals surface area contributed by atoms with Gasteiger partial charge in [-0.15, -0.1) is 0 Å². The molecule has 0 saturated carbocycles. The summed E-state index contributed by atoms with van der Waals surface area (Å²) in [6, 6.07) is 15.9. The summed E-state index contributed by atoms with van der Waals surface area (Å²) in [7, 11) is 1.66. The molecule has 1 unspecified atom stereocenters. The van der Waals surface area contributed by atoms with Crippen molar-refractivity contribution in [2.24, 2.45) is 5.73 Å². The Balaban J connectivity index is 2.06. The second kappa shape index (κ2) is 6.60. The third-order valence-electron chi connectivity index (χ3n) is 3.07. The molecule has 0 fully saturated rings. The van der Waals surface area contributed by atoms with Gasteiger partial charge in [0.05, 0.1) is 7.11 Å². The van der Waals surface area contributed by atoms with Crippen molar-refractivity contribution < 1.29 is 4.74 Å². The van der Waals surface area contributed by atoms with Gasteiger partial charge in [-0.3, -0.25) is 0 Å². The average molecular weight is 276 g/mol. The molecule has 2 rings (SSSR count). The predicted molar refractivity (Wildman–Crippen MR) is 79.8 cm³/mol. The molecule has 0 aromatic heterocycles. The number of methoxy groups -OCH3 is 1. The van der Waals surface area contributed by atoms with Crippen LogP contribution < -0.4 is 10.5 Å². The summed E-state index contributed by atoms with van der Waals surface area (Å²) >= 11 is 6.02. The second-order valence-electron chi connectivity index (χ2n) is 4.61. The number of rotatable bonds is 5. The van der Waals surface area contributed by atoms with E-state index in [9.17, 15) is 0 Å². The van der Waals surface area contributed by atoms with E-state index >= 15 is 0 Å². The van der Waals surface area contributed by atoms with Crippen molar-refractivity contribution in [2.75, 3.05) is 7.11 Å². The first kappa shape index (κ1) is 13.9. The minimum absolute atomic E-state index is 0.0507. The highest BCUT2D eigenvalue weighted by atomic mass is 35.5. The zero-order valence-electron chi connectivity index (χ0n) is 11.0. The fraction of sp³-hybridized carbons (Fsp3) is 0.250. The van der Waals surface area contributed by atoms with Gasteiger partial charge < -0.3 is 10.5 Å². The maximum Gasteiger partial charge on any atom is 0.122 e. The van der Waals surface area contributed by atoms with E-state index in [0.717, 1.165) is 24.2 Å². The smallest absolute Gasteiger partial charge is 0.122 e. The van der Waals surface area contributed by atoms with Crippen LogP contribution in [0.25, 0.3) is 0 Å². The largest absolute Gasteiger partial charge is 0.496 e. The molecule has 0 radical (unpaired) electrons. The van der Waals surface area contributed by atoms with Crippen molar-refractivity contribution in [3.63, 3.8) is 0 Å². The van der Waals surface area contributed by atoms with Gasteiger partial charge in [-0.1, -0.05) is 41.9 Å². The Labute approximate surface area is 119 Å². The lowest BCUT2D eigenvalue weighted by atomic mass is 9.99. The quantitative estimate of drug-likeness (QED) is 0.907. The molecule has 2 aromatic rings. The first-order valence-electron chi connectivity index (χ1n) is 6.31. The van der Waals surface area contributed by atoms with Gasteiger partial charge in [0.2, 0.25) is 0 Å². The molecule has 2 N–H and O–H groups in total. The molecular weight excluding hydrogens is 258 g/mol. The van der Waals surface area contributed by atoms with Crippen LogP contribution >= 0.6 is 11.6 Å². The SMILES string of the molecule is COc1ccc(Cl)cc1CC(N)Cc1ccccc1. The first-order chi connectivity index (χ1) is 9.19. The first-order valence-corrected chi connectivity index (χ1v) is 6.68. The summed E-state index contributed by atoms with van der Waals surface area (Å²) in [5, 5.41) is 0.711. The van der Waals surface area contributed by atoms with E-state index < -0.39 is 0 Å². The minimum atomic E-state index is 0.0507. The van der Waals surface area contributed by atoms with Crippen LogP contribution in [0.3, 0.4) is 0 Å².